The zero-order valence-corrected chi connectivity index (χ0v) is 11.8. The van der Waals surface area contributed by atoms with Gasteiger partial charge < -0.3 is 10.5 Å². The molecule has 1 aliphatic rings. The zero-order chi connectivity index (χ0) is 13.2. The Morgan fingerprint density at radius 1 is 1.17 bits per heavy atom. The Hall–Kier alpha value is -1.02. The summed E-state index contributed by atoms with van der Waals surface area (Å²) in [6.07, 6.45) is 4.52. The Balaban J connectivity index is 2.17. The van der Waals surface area contributed by atoms with Crippen LogP contribution in [0.4, 0.5) is 0 Å². The van der Waals surface area contributed by atoms with Gasteiger partial charge in [-0.2, -0.15) is 0 Å². The fourth-order valence-electron chi connectivity index (χ4n) is 2.72. The highest BCUT2D eigenvalue weighted by molar-refractivity contribution is 5.33. The highest BCUT2D eigenvalue weighted by Gasteiger charge is 2.36. The van der Waals surface area contributed by atoms with Crippen molar-refractivity contribution in [3.05, 3.63) is 29.8 Å². The van der Waals surface area contributed by atoms with Crippen LogP contribution in [0.1, 0.15) is 52.0 Å². The molecule has 0 unspecified atom stereocenters. The van der Waals surface area contributed by atoms with Crippen LogP contribution in [0.15, 0.2) is 24.3 Å². The summed E-state index contributed by atoms with van der Waals surface area (Å²) in [5.41, 5.74) is 8.12. The van der Waals surface area contributed by atoms with Gasteiger partial charge in [0.1, 0.15) is 5.75 Å². The Kier molecular flexibility index (Phi) is 3.67. The van der Waals surface area contributed by atoms with Gasteiger partial charge in [0.2, 0.25) is 0 Å². The maximum absolute atomic E-state index is 6.61. The molecule has 2 rings (SSSR count). The molecule has 0 atom stereocenters. The van der Waals surface area contributed by atoms with Crippen LogP contribution >= 0.6 is 0 Å². The Labute approximate surface area is 111 Å². The molecular formula is C16H25NO. The van der Waals surface area contributed by atoms with Crippen LogP contribution in [0.5, 0.6) is 5.75 Å². The lowest BCUT2D eigenvalue weighted by molar-refractivity contribution is 0.165. The number of hydrogen-bond acceptors (Lipinski definition) is 2. The SMILES string of the molecule is CCOc1cccc(C2(N)CCC(C)(C)CC2)c1. The summed E-state index contributed by atoms with van der Waals surface area (Å²) in [4.78, 5) is 0. The fourth-order valence-corrected chi connectivity index (χ4v) is 2.72. The molecule has 1 fully saturated rings. The van der Waals surface area contributed by atoms with Crippen molar-refractivity contribution in [3.8, 4) is 5.75 Å². The predicted octanol–water partition coefficient (Wildman–Crippen LogP) is 3.84. The van der Waals surface area contributed by atoms with Gasteiger partial charge in [0, 0.05) is 5.54 Å². The van der Waals surface area contributed by atoms with Crippen molar-refractivity contribution in [1.29, 1.82) is 0 Å². The average molecular weight is 247 g/mol. The van der Waals surface area contributed by atoms with Crippen LogP contribution in [0.25, 0.3) is 0 Å². The van der Waals surface area contributed by atoms with E-state index >= 15 is 0 Å². The summed E-state index contributed by atoms with van der Waals surface area (Å²) in [6.45, 7) is 7.38. The molecule has 2 heteroatoms. The minimum Gasteiger partial charge on any atom is -0.494 e. The van der Waals surface area contributed by atoms with Gasteiger partial charge in [0.15, 0.2) is 0 Å². The van der Waals surface area contributed by atoms with E-state index in [1.54, 1.807) is 0 Å². The predicted molar refractivity (Wildman–Crippen MR) is 75.7 cm³/mol. The van der Waals surface area contributed by atoms with Crippen molar-refractivity contribution in [2.75, 3.05) is 6.61 Å². The standard InChI is InChI=1S/C16H25NO/c1-4-18-14-7-5-6-13(12-14)16(17)10-8-15(2,3)9-11-16/h5-7,12H,4,8-11,17H2,1-3H3. The molecule has 2 nitrogen and oxygen atoms in total. The normalized spacial score (nSPS) is 21.6. The van der Waals surface area contributed by atoms with E-state index in [4.69, 9.17) is 10.5 Å². The molecule has 0 saturated heterocycles. The van der Waals surface area contributed by atoms with Gasteiger partial charge in [-0.1, -0.05) is 26.0 Å². The number of hydrogen-bond donors (Lipinski definition) is 1. The third-order valence-electron chi connectivity index (χ3n) is 4.22. The van der Waals surface area contributed by atoms with Gasteiger partial charge in [-0.25, -0.2) is 0 Å². The minimum atomic E-state index is -0.164. The van der Waals surface area contributed by atoms with Crippen LogP contribution in [-0.2, 0) is 5.54 Å². The number of nitrogens with two attached hydrogens (primary N) is 1. The third kappa shape index (κ3) is 2.86. The molecule has 18 heavy (non-hydrogen) atoms. The molecule has 0 radical (unpaired) electrons. The molecule has 0 amide bonds. The number of ether oxygens (including phenoxy) is 1. The lowest BCUT2D eigenvalue weighted by Crippen LogP contribution is -2.42. The first-order valence-corrected chi connectivity index (χ1v) is 6.97. The smallest absolute Gasteiger partial charge is 0.119 e. The topological polar surface area (TPSA) is 35.2 Å². The molecule has 1 aromatic rings. The summed E-state index contributed by atoms with van der Waals surface area (Å²) < 4.78 is 5.57. The number of benzene rings is 1. The molecule has 0 aromatic heterocycles. The molecule has 0 spiro atoms. The van der Waals surface area contributed by atoms with Crippen LogP contribution in [0.3, 0.4) is 0 Å². The molecule has 1 aliphatic carbocycles. The highest BCUT2D eigenvalue weighted by Crippen LogP contribution is 2.44. The van der Waals surface area contributed by atoms with Crippen LogP contribution < -0.4 is 10.5 Å². The van der Waals surface area contributed by atoms with Crippen LogP contribution in [-0.4, -0.2) is 6.61 Å². The Morgan fingerprint density at radius 3 is 2.44 bits per heavy atom. The monoisotopic (exact) mass is 247 g/mol. The maximum atomic E-state index is 6.61. The van der Waals surface area contributed by atoms with Gasteiger partial charge in [0.25, 0.3) is 0 Å². The van der Waals surface area contributed by atoms with E-state index in [0.717, 1.165) is 18.6 Å². The van der Waals surface area contributed by atoms with Crippen LogP contribution in [0.2, 0.25) is 0 Å². The largest absolute Gasteiger partial charge is 0.494 e. The zero-order valence-electron chi connectivity index (χ0n) is 11.8. The van der Waals surface area contributed by atoms with Gasteiger partial charge >= 0.3 is 0 Å². The van der Waals surface area contributed by atoms with Crippen LogP contribution in [0, 0.1) is 5.41 Å². The Bertz CT molecular complexity index is 401. The second-order valence-electron chi connectivity index (χ2n) is 6.28. The first-order valence-electron chi connectivity index (χ1n) is 6.97. The molecule has 1 aromatic carbocycles. The Morgan fingerprint density at radius 2 is 1.83 bits per heavy atom. The van der Waals surface area contributed by atoms with Crippen molar-refractivity contribution >= 4 is 0 Å². The molecule has 1 saturated carbocycles. The van der Waals surface area contributed by atoms with E-state index in [1.165, 1.54) is 18.4 Å². The lowest BCUT2D eigenvalue weighted by atomic mass is 9.67. The molecule has 0 aliphatic heterocycles. The minimum absolute atomic E-state index is 0.164. The van der Waals surface area contributed by atoms with Crippen molar-refractivity contribution in [1.82, 2.24) is 0 Å². The molecular weight excluding hydrogens is 222 g/mol. The highest BCUT2D eigenvalue weighted by atomic mass is 16.5. The summed E-state index contributed by atoms with van der Waals surface area (Å²) >= 11 is 0. The van der Waals surface area contributed by atoms with Gasteiger partial charge in [-0.3, -0.25) is 0 Å². The van der Waals surface area contributed by atoms with Crippen molar-refractivity contribution in [2.45, 2.75) is 52.0 Å². The van der Waals surface area contributed by atoms with Crippen molar-refractivity contribution in [2.24, 2.45) is 11.1 Å². The van der Waals surface area contributed by atoms with Gasteiger partial charge in [-0.15, -0.1) is 0 Å². The van der Waals surface area contributed by atoms with Crippen molar-refractivity contribution < 1.29 is 4.74 Å². The van der Waals surface area contributed by atoms with Gasteiger partial charge in [-0.05, 0) is 55.7 Å². The first-order chi connectivity index (χ1) is 8.45. The van der Waals surface area contributed by atoms with Crippen molar-refractivity contribution in [3.63, 3.8) is 0 Å². The van der Waals surface area contributed by atoms with E-state index in [2.05, 4.69) is 32.0 Å². The fraction of sp³-hybridized carbons (Fsp3) is 0.625. The summed E-state index contributed by atoms with van der Waals surface area (Å²) in [5.74, 6) is 0.935. The van der Waals surface area contributed by atoms with Gasteiger partial charge in [0.05, 0.1) is 6.61 Å². The molecule has 100 valence electrons. The second-order valence-corrected chi connectivity index (χ2v) is 6.28. The molecule has 0 heterocycles. The maximum Gasteiger partial charge on any atom is 0.119 e. The molecule has 2 N–H and O–H groups in total. The lowest BCUT2D eigenvalue weighted by Gasteiger charge is -2.41. The third-order valence-corrected chi connectivity index (χ3v) is 4.22. The first kappa shape index (κ1) is 13.4. The number of rotatable bonds is 3. The van der Waals surface area contributed by atoms with E-state index in [1.807, 2.05) is 13.0 Å². The van der Waals surface area contributed by atoms with E-state index in [0.29, 0.717) is 12.0 Å². The average Bonchev–Trinajstić information content (AvgIpc) is 2.34. The van der Waals surface area contributed by atoms with E-state index in [9.17, 15) is 0 Å². The van der Waals surface area contributed by atoms with E-state index in [-0.39, 0.29) is 5.54 Å². The summed E-state index contributed by atoms with van der Waals surface area (Å²) in [7, 11) is 0. The second kappa shape index (κ2) is 4.93. The quantitative estimate of drug-likeness (QED) is 0.880. The molecule has 0 bridgehead atoms. The summed E-state index contributed by atoms with van der Waals surface area (Å²) in [6, 6.07) is 8.31. The van der Waals surface area contributed by atoms with E-state index < -0.39 is 0 Å². The summed E-state index contributed by atoms with van der Waals surface area (Å²) in [5, 5.41) is 0.